The van der Waals surface area contributed by atoms with Crippen molar-refractivity contribution in [2.24, 2.45) is 0 Å². The molecule has 7 heteroatoms. The van der Waals surface area contributed by atoms with Gasteiger partial charge in [0, 0.05) is 0 Å². The van der Waals surface area contributed by atoms with Gasteiger partial charge in [-0.05, 0) is 18.2 Å². The molecule has 0 aliphatic carbocycles. The van der Waals surface area contributed by atoms with Crippen LogP contribution in [0.2, 0.25) is 10.0 Å². The van der Waals surface area contributed by atoms with Gasteiger partial charge in [0.25, 0.3) is 0 Å². The van der Waals surface area contributed by atoms with Gasteiger partial charge in [0.05, 0.1) is 15.3 Å². The maximum atomic E-state index is 10.5. The quantitative estimate of drug-likeness (QED) is 0.487. The maximum Gasteiger partial charge on any atom is 2.00 e. The molecule has 0 amide bonds. The fourth-order valence-corrected chi connectivity index (χ4v) is 1.57. The van der Waals surface area contributed by atoms with Crippen molar-refractivity contribution in [3.05, 3.63) is 28.2 Å². The summed E-state index contributed by atoms with van der Waals surface area (Å²) < 4.78 is 0. The van der Waals surface area contributed by atoms with E-state index in [4.69, 9.17) is 23.2 Å². The molecule has 0 saturated carbocycles. The minimum Gasteiger partial charge on any atom is -0.683 e. The Bertz CT molecular complexity index is 302. The van der Waals surface area contributed by atoms with Crippen molar-refractivity contribution < 1.29 is 14.7 Å². The molecule has 1 aromatic carbocycles. The summed E-state index contributed by atoms with van der Waals surface area (Å²) in [5.74, 6) is 0. The van der Waals surface area contributed by atoms with E-state index < -0.39 is 7.94 Å². The van der Waals surface area contributed by atoms with E-state index in [1.165, 1.54) is 6.07 Å². The standard InChI is InChI=1S/C6H5Cl2O3P.Ca/c7-5-2-1-4(3-6(5)8)12(9,10)11;/h1-3H,(H2,9,10,11);/q;+2/p-2. The third-order valence-corrected chi connectivity index (χ3v) is 2.87. The topological polar surface area (TPSA) is 69.2 Å². The first-order chi connectivity index (χ1) is 5.41. The molecular weight excluding hydrogens is 262 g/mol. The van der Waals surface area contributed by atoms with E-state index in [0.29, 0.717) is 0 Å². The first kappa shape index (κ1) is 14.4. The van der Waals surface area contributed by atoms with Gasteiger partial charge in [0.15, 0.2) is 0 Å². The van der Waals surface area contributed by atoms with Crippen LogP contribution in [0.1, 0.15) is 0 Å². The van der Waals surface area contributed by atoms with Crippen molar-refractivity contribution >= 4 is 74.2 Å². The predicted octanol–water partition coefficient (Wildman–Crippen LogP) is -0.919. The van der Waals surface area contributed by atoms with Crippen LogP contribution in [0.5, 0.6) is 0 Å². The Labute approximate surface area is 116 Å². The zero-order valence-electron chi connectivity index (χ0n) is 6.37. The second kappa shape index (κ2) is 5.45. The van der Waals surface area contributed by atoms with Gasteiger partial charge in [-0.25, -0.2) is 0 Å². The summed E-state index contributed by atoms with van der Waals surface area (Å²) in [6, 6.07) is 3.42. The number of halogens is 2. The molecule has 1 rings (SSSR count). The molecule has 0 spiro atoms. The van der Waals surface area contributed by atoms with Crippen LogP contribution in [0, 0.1) is 0 Å². The van der Waals surface area contributed by atoms with Crippen LogP contribution in [0.15, 0.2) is 18.2 Å². The van der Waals surface area contributed by atoms with E-state index in [1.54, 1.807) is 0 Å². The summed E-state index contributed by atoms with van der Waals surface area (Å²) in [4.78, 5) is 31.4. The van der Waals surface area contributed by atoms with Gasteiger partial charge in [0.2, 0.25) is 0 Å². The zero-order chi connectivity index (χ0) is 9.35. The molecule has 0 atom stereocenters. The Hall–Kier alpha value is 1.37. The largest absolute Gasteiger partial charge is 2.00 e. The molecule has 1 aromatic rings. The van der Waals surface area contributed by atoms with Crippen molar-refractivity contribution in [1.29, 1.82) is 0 Å². The van der Waals surface area contributed by atoms with Gasteiger partial charge in [-0.3, -0.25) is 0 Å². The van der Waals surface area contributed by atoms with Crippen LogP contribution in [0.25, 0.3) is 0 Å². The molecule has 0 aliphatic rings. The fourth-order valence-electron chi connectivity index (χ4n) is 0.655. The summed E-state index contributed by atoms with van der Waals surface area (Å²) in [5, 5.41) is -0.0770. The molecule has 0 aliphatic heterocycles. The van der Waals surface area contributed by atoms with Crippen molar-refractivity contribution in [1.82, 2.24) is 0 Å². The second-order valence-corrected chi connectivity index (χ2v) is 4.42. The third-order valence-electron chi connectivity index (χ3n) is 1.22. The minimum absolute atomic E-state index is 0. The summed E-state index contributed by atoms with van der Waals surface area (Å²) in [7, 11) is -4.71. The molecule has 0 saturated heterocycles. The van der Waals surface area contributed by atoms with E-state index in [9.17, 15) is 14.7 Å². The van der Waals surface area contributed by atoms with E-state index in [-0.39, 0.29) is 53.1 Å². The van der Waals surface area contributed by atoms with Gasteiger partial charge < -0.3 is 14.7 Å². The average Bonchev–Trinajstić information content (AvgIpc) is 1.92. The minimum atomic E-state index is -4.71. The van der Waals surface area contributed by atoms with Crippen molar-refractivity contribution in [3.8, 4) is 0 Å². The van der Waals surface area contributed by atoms with Gasteiger partial charge in [0.1, 0.15) is 0 Å². The van der Waals surface area contributed by atoms with Gasteiger partial charge in [-0.1, -0.05) is 23.2 Å². The van der Waals surface area contributed by atoms with E-state index in [1.807, 2.05) is 0 Å². The molecule has 0 heterocycles. The van der Waals surface area contributed by atoms with Crippen LogP contribution in [0.3, 0.4) is 0 Å². The molecule has 0 radical (unpaired) electrons. The molecule has 0 N–H and O–H groups in total. The Balaban J connectivity index is 0.00000144. The Morgan fingerprint density at radius 1 is 1.00 bits per heavy atom. The number of benzene rings is 1. The van der Waals surface area contributed by atoms with Gasteiger partial charge >= 0.3 is 37.7 Å². The van der Waals surface area contributed by atoms with E-state index in [2.05, 4.69) is 0 Å². The number of rotatable bonds is 1. The smallest absolute Gasteiger partial charge is 0.683 e. The van der Waals surface area contributed by atoms with Crippen LogP contribution in [-0.4, -0.2) is 37.7 Å². The maximum absolute atomic E-state index is 10.5. The third kappa shape index (κ3) is 4.17. The van der Waals surface area contributed by atoms with E-state index in [0.717, 1.165) is 12.1 Å². The van der Waals surface area contributed by atoms with Crippen LogP contribution in [0.4, 0.5) is 0 Å². The predicted molar refractivity (Wildman–Crippen MR) is 48.8 cm³/mol. The summed E-state index contributed by atoms with van der Waals surface area (Å²) in [5.41, 5.74) is 0. The Morgan fingerprint density at radius 3 is 1.92 bits per heavy atom. The normalized spacial score (nSPS) is 10.8. The molecule has 0 aromatic heterocycles. The molecule has 3 nitrogen and oxygen atoms in total. The Morgan fingerprint density at radius 2 is 1.54 bits per heavy atom. The second-order valence-electron chi connectivity index (χ2n) is 2.10. The summed E-state index contributed by atoms with van der Waals surface area (Å²) >= 11 is 11.0. The molecule has 0 unspecified atom stereocenters. The molecular formula is C6H3CaCl2O3P. The summed E-state index contributed by atoms with van der Waals surface area (Å²) in [6.07, 6.45) is 0. The molecule has 66 valence electrons. The first-order valence-corrected chi connectivity index (χ1v) is 5.19. The SMILES string of the molecule is [Ca+2].[O-][P+]([O-])([O-])c1ccc(Cl)c(Cl)c1. The van der Waals surface area contributed by atoms with Crippen molar-refractivity contribution in [3.63, 3.8) is 0 Å². The average molecular weight is 265 g/mol. The van der Waals surface area contributed by atoms with E-state index >= 15 is 0 Å². The molecule has 0 fully saturated rings. The van der Waals surface area contributed by atoms with Gasteiger partial charge in [-0.2, -0.15) is 0 Å². The summed E-state index contributed by atoms with van der Waals surface area (Å²) in [6.45, 7) is 0. The van der Waals surface area contributed by atoms with Crippen LogP contribution in [-0.2, 0) is 0 Å². The van der Waals surface area contributed by atoms with Crippen molar-refractivity contribution in [2.45, 2.75) is 0 Å². The molecule has 13 heavy (non-hydrogen) atoms. The number of hydrogen-bond acceptors (Lipinski definition) is 3. The number of hydrogen-bond donors (Lipinski definition) is 0. The van der Waals surface area contributed by atoms with Crippen LogP contribution >= 0.6 is 31.1 Å². The van der Waals surface area contributed by atoms with Crippen molar-refractivity contribution in [2.75, 3.05) is 0 Å². The zero-order valence-corrected chi connectivity index (χ0v) is 11.0. The fraction of sp³-hybridized carbons (Fsp3) is 0. The first-order valence-electron chi connectivity index (χ1n) is 2.89. The Kier molecular flexibility index (Phi) is 6.03. The molecule has 0 bridgehead atoms. The monoisotopic (exact) mass is 264 g/mol. The van der Waals surface area contributed by atoms with Gasteiger partial charge in [-0.15, -0.1) is 7.94 Å². The van der Waals surface area contributed by atoms with Crippen LogP contribution < -0.4 is 20.0 Å².